The summed E-state index contributed by atoms with van der Waals surface area (Å²) >= 11 is 0. The van der Waals surface area contributed by atoms with Crippen molar-refractivity contribution in [2.45, 2.75) is 20.4 Å². The van der Waals surface area contributed by atoms with E-state index in [-0.39, 0.29) is 12.1 Å². The molecule has 0 saturated heterocycles. The smallest absolute Gasteiger partial charge is 0.161 e. The summed E-state index contributed by atoms with van der Waals surface area (Å²) in [6.07, 6.45) is 0. The molecule has 5 heteroatoms. The highest BCUT2D eigenvalue weighted by molar-refractivity contribution is 5.19. The number of hydrogen-bond acceptors (Lipinski definition) is 2. The lowest BCUT2D eigenvalue weighted by molar-refractivity contribution is 0.111. The maximum absolute atomic E-state index is 13.2. The van der Waals surface area contributed by atoms with Crippen molar-refractivity contribution in [1.29, 1.82) is 0 Å². The number of halogens is 3. The lowest BCUT2D eigenvalue weighted by Gasteiger charge is -2.08. The van der Waals surface area contributed by atoms with Crippen molar-refractivity contribution in [1.82, 2.24) is 5.32 Å². The Kier molecular flexibility index (Phi) is 6.15. The first-order chi connectivity index (χ1) is 8.50. The molecule has 0 fully saturated rings. The molecule has 0 amide bonds. The molecule has 0 aliphatic heterocycles. The van der Waals surface area contributed by atoms with Gasteiger partial charge in [-0.25, -0.2) is 13.2 Å². The summed E-state index contributed by atoms with van der Waals surface area (Å²) in [5.41, 5.74) is 0.109. The van der Waals surface area contributed by atoms with Crippen molar-refractivity contribution in [2.75, 3.05) is 19.8 Å². The molecule has 2 nitrogen and oxygen atoms in total. The number of benzene rings is 1. The van der Waals surface area contributed by atoms with Crippen LogP contribution >= 0.6 is 0 Å². The van der Waals surface area contributed by atoms with Gasteiger partial charge in [0.2, 0.25) is 0 Å². The number of hydrogen-bond donors (Lipinski definition) is 1. The first-order valence-electron chi connectivity index (χ1n) is 5.92. The molecule has 0 saturated carbocycles. The molecule has 1 aromatic rings. The van der Waals surface area contributed by atoms with Crippen LogP contribution in [0.1, 0.15) is 19.4 Å². The van der Waals surface area contributed by atoms with Crippen LogP contribution in [0.2, 0.25) is 0 Å². The Morgan fingerprint density at radius 2 is 1.78 bits per heavy atom. The highest BCUT2D eigenvalue weighted by Gasteiger charge is 2.09. The highest BCUT2D eigenvalue weighted by Crippen LogP contribution is 2.13. The van der Waals surface area contributed by atoms with E-state index < -0.39 is 17.5 Å². The van der Waals surface area contributed by atoms with E-state index in [1.165, 1.54) is 0 Å². The molecule has 0 aromatic heterocycles. The first-order valence-corrected chi connectivity index (χ1v) is 5.92. The van der Waals surface area contributed by atoms with E-state index in [4.69, 9.17) is 4.74 Å². The van der Waals surface area contributed by atoms with E-state index in [9.17, 15) is 13.2 Å². The van der Waals surface area contributed by atoms with Crippen LogP contribution < -0.4 is 5.32 Å². The molecule has 1 aromatic carbocycles. The number of rotatable bonds is 7. The quantitative estimate of drug-likeness (QED) is 0.602. The van der Waals surface area contributed by atoms with Crippen molar-refractivity contribution >= 4 is 0 Å². The lowest BCUT2D eigenvalue weighted by Crippen LogP contribution is -2.21. The summed E-state index contributed by atoms with van der Waals surface area (Å²) in [5, 5.41) is 2.91. The monoisotopic (exact) mass is 261 g/mol. The zero-order chi connectivity index (χ0) is 13.5. The van der Waals surface area contributed by atoms with E-state index in [1.54, 1.807) is 0 Å². The molecular formula is C13H18F3NO. The van der Waals surface area contributed by atoms with Crippen LogP contribution in [0, 0.1) is 23.4 Å². The Morgan fingerprint density at radius 3 is 2.44 bits per heavy atom. The maximum Gasteiger partial charge on any atom is 0.161 e. The predicted molar refractivity (Wildman–Crippen MR) is 63.7 cm³/mol. The van der Waals surface area contributed by atoms with Gasteiger partial charge < -0.3 is 10.1 Å². The molecule has 0 aliphatic carbocycles. The fraction of sp³-hybridized carbons (Fsp3) is 0.538. The molecule has 0 heterocycles. The Bertz CT molecular complexity index is 383. The second kappa shape index (κ2) is 7.38. The molecular weight excluding hydrogens is 243 g/mol. The summed E-state index contributed by atoms with van der Waals surface area (Å²) in [4.78, 5) is 0. The average molecular weight is 261 g/mol. The zero-order valence-corrected chi connectivity index (χ0v) is 10.6. The SMILES string of the molecule is CC(C)COCCNCc1cc(F)c(F)cc1F. The summed E-state index contributed by atoms with van der Waals surface area (Å²) in [6, 6.07) is 1.42. The molecule has 0 aliphatic rings. The minimum absolute atomic E-state index is 0.109. The predicted octanol–water partition coefficient (Wildman–Crippen LogP) is 2.87. The van der Waals surface area contributed by atoms with Crippen molar-refractivity contribution in [3.8, 4) is 0 Å². The van der Waals surface area contributed by atoms with Gasteiger partial charge in [0.1, 0.15) is 5.82 Å². The van der Waals surface area contributed by atoms with Gasteiger partial charge in [0.05, 0.1) is 6.61 Å². The normalized spacial score (nSPS) is 11.2. The van der Waals surface area contributed by atoms with Crippen LogP contribution in [-0.4, -0.2) is 19.8 Å². The summed E-state index contributed by atoms with van der Waals surface area (Å²) in [5.74, 6) is -2.49. The molecule has 0 unspecified atom stereocenters. The van der Waals surface area contributed by atoms with Crippen LogP contribution in [0.25, 0.3) is 0 Å². The van der Waals surface area contributed by atoms with Crippen LogP contribution in [0.15, 0.2) is 12.1 Å². The molecule has 0 spiro atoms. The van der Waals surface area contributed by atoms with Gasteiger partial charge in [-0.1, -0.05) is 13.8 Å². The molecule has 1 N–H and O–H groups in total. The Hall–Kier alpha value is -1.07. The standard InChI is InChI=1S/C13H18F3NO/c1-9(2)8-18-4-3-17-7-10-5-12(15)13(16)6-11(10)14/h5-6,9,17H,3-4,7-8H2,1-2H3. The van der Waals surface area contributed by atoms with Crippen molar-refractivity contribution in [2.24, 2.45) is 5.92 Å². The van der Waals surface area contributed by atoms with Crippen LogP contribution in [0.3, 0.4) is 0 Å². The molecule has 1 rings (SSSR count). The average Bonchev–Trinajstić information content (AvgIpc) is 2.29. The molecule has 0 bridgehead atoms. The largest absolute Gasteiger partial charge is 0.380 e. The van der Waals surface area contributed by atoms with Gasteiger partial charge >= 0.3 is 0 Å². The second-order valence-electron chi connectivity index (χ2n) is 4.50. The Balaban J connectivity index is 2.29. The second-order valence-corrected chi connectivity index (χ2v) is 4.50. The van der Waals surface area contributed by atoms with Gasteiger partial charge in [0.15, 0.2) is 11.6 Å². The summed E-state index contributed by atoms with van der Waals surface area (Å²) in [7, 11) is 0. The Labute approximate surface area is 105 Å². The van der Waals surface area contributed by atoms with E-state index in [0.29, 0.717) is 31.7 Å². The number of nitrogens with one attached hydrogen (secondary N) is 1. The maximum atomic E-state index is 13.2. The topological polar surface area (TPSA) is 21.3 Å². The Morgan fingerprint density at radius 1 is 1.11 bits per heavy atom. The number of ether oxygens (including phenoxy) is 1. The zero-order valence-electron chi connectivity index (χ0n) is 10.6. The van der Waals surface area contributed by atoms with Crippen LogP contribution in [0.5, 0.6) is 0 Å². The highest BCUT2D eigenvalue weighted by atomic mass is 19.2. The van der Waals surface area contributed by atoms with E-state index in [0.717, 1.165) is 6.07 Å². The van der Waals surface area contributed by atoms with E-state index in [2.05, 4.69) is 5.32 Å². The fourth-order valence-corrected chi connectivity index (χ4v) is 1.39. The van der Waals surface area contributed by atoms with E-state index >= 15 is 0 Å². The summed E-state index contributed by atoms with van der Waals surface area (Å²) in [6.45, 7) is 5.94. The van der Waals surface area contributed by atoms with Crippen molar-refractivity contribution in [3.63, 3.8) is 0 Å². The third kappa shape index (κ3) is 5.06. The fourth-order valence-electron chi connectivity index (χ4n) is 1.39. The third-order valence-electron chi connectivity index (χ3n) is 2.28. The molecule has 0 radical (unpaired) electrons. The van der Waals surface area contributed by atoms with Crippen LogP contribution in [0.4, 0.5) is 13.2 Å². The van der Waals surface area contributed by atoms with Gasteiger partial charge in [-0.2, -0.15) is 0 Å². The van der Waals surface area contributed by atoms with Gasteiger partial charge in [-0.15, -0.1) is 0 Å². The minimum atomic E-state index is -1.17. The van der Waals surface area contributed by atoms with Crippen LogP contribution in [-0.2, 0) is 11.3 Å². The van der Waals surface area contributed by atoms with Crippen molar-refractivity contribution in [3.05, 3.63) is 35.1 Å². The van der Waals surface area contributed by atoms with Gasteiger partial charge in [-0.3, -0.25) is 0 Å². The first kappa shape index (κ1) is 15.0. The molecule has 102 valence electrons. The van der Waals surface area contributed by atoms with Gasteiger partial charge in [0.25, 0.3) is 0 Å². The lowest BCUT2D eigenvalue weighted by atomic mass is 10.2. The van der Waals surface area contributed by atoms with E-state index in [1.807, 2.05) is 13.8 Å². The molecule has 18 heavy (non-hydrogen) atoms. The summed E-state index contributed by atoms with van der Waals surface area (Å²) < 4.78 is 44.1. The van der Waals surface area contributed by atoms with Crippen molar-refractivity contribution < 1.29 is 17.9 Å². The van der Waals surface area contributed by atoms with Gasteiger partial charge in [0, 0.05) is 31.3 Å². The minimum Gasteiger partial charge on any atom is -0.380 e. The third-order valence-corrected chi connectivity index (χ3v) is 2.28. The van der Waals surface area contributed by atoms with Gasteiger partial charge in [-0.05, 0) is 12.0 Å². The molecule has 0 atom stereocenters.